The molecule has 0 radical (unpaired) electrons. The number of halogens is 1. The third-order valence-electron chi connectivity index (χ3n) is 4.50. The van der Waals surface area contributed by atoms with Crippen LogP contribution in [0.3, 0.4) is 0 Å². The first kappa shape index (κ1) is 19.6. The molecule has 1 heterocycles. The number of aryl methyl sites for hydroxylation is 1. The molecule has 0 fully saturated rings. The van der Waals surface area contributed by atoms with Crippen LogP contribution >= 0.6 is 0 Å². The van der Waals surface area contributed by atoms with Gasteiger partial charge < -0.3 is 14.6 Å². The van der Waals surface area contributed by atoms with Gasteiger partial charge in [-0.2, -0.15) is 0 Å². The van der Waals surface area contributed by atoms with Crippen LogP contribution in [0.2, 0.25) is 0 Å². The maximum atomic E-state index is 13.0. The number of hydrogen-bond acceptors (Lipinski definition) is 4. The molecule has 0 spiro atoms. The largest absolute Gasteiger partial charge is 0.441 e. The summed E-state index contributed by atoms with van der Waals surface area (Å²) in [5, 5.41) is 2.92. The highest BCUT2D eigenvalue weighted by Gasteiger charge is 2.14. The quantitative estimate of drug-likeness (QED) is 0.677. The van der Waals surface area contributed by atoms with Gasteiger partial charge in [-0.25, -0.2) is 9.37 Å². The minimum atomic E-state index is -0.317. The van der Waals surface area contributed by atoms with Crippen LogP contribution in [0.15, 0.2) is 52.9 Å². The van der Waals surface area contributed by atoms with Crippen LogP contribution < -0.4 is 10.2 Å². The first-order chi connectivity index (χ1) is 13.4. The van der Waals surface area contributed by atoms with Crippen molar-refractivity contribution in [2.24, 2.45) is 0 Å². The molecule has 1 N–H and O–H groups in total. The average Bonchev–Trinajstić information content (AvgIpc) is 3.03. The Balaban J connectivity index is 1.52. The molecule has 0 saturated heterocycles. The third-order valence-corrected chi connectivity index (χ3v) is 4.50. The van der Waals surface area contributed by atoms with Gasteiger partial charge in [-0.3, -0.25) is 4.79 Å². The number of nitrogens with one attached hydrogen (secondary N) is 1. The fraction of sp³-hybridized carbons (Fsp3) is 0.273. The number of anilines is 1. The molecular weight excluding hydrogens is 357 g/mol. The number of carbonyl (C=O) groups excluding carboxylic acids is 1. The molecule has 3 aromatic rings. The Labute approximate surface area is 164 Å². The van der Waals surface area contributed by atoms with E-state index in [-0.39, 0.29) is 18.1 Å². The molecule has 0 saturated carbocycles. The van der Waals surface area contributed by atoms with Crippen LogP contribution in [0.1, 0.15) is 17.0 Å². The van der Waals surface area contributed by atoms with Gasteiger partial charge in [0.15, 0.2) is 0 Å². The van der Waals surface area contributed by atoms with Crippen LogP contribution in [0.4, 0.5) is 10.1 Å². The van der Waals surface area contributed by atoms with Gasteiger partial charge in [0.05, 0.1) is 12.1 Å². The fourth-order valence-corrected chi connectivity index (χ4v) is 2.83. The van der Waals surface area contributed by atoms with E-state index in [4.69, 9.17) is 4.42 Å². The number of nitrogens with zero attached hydrogens (tertiary/aromatic N) is 2. The molecule has 6 heteroatoms. The maximum absolute atomic E-state index is 13.0. The molecule has 1 aromatic heterocycles. The molecule has 0 unspecified atom stereocenters. The van der Waals surface area contributed by atoms with Gasteiger partial charge in [-0.1, -0.05) is 12.1 Å². The van der Waals surface area contributed by atoms with E-state index in [2.05, 4.69) is 34.6 Å². The summed E-state index contributed by atoms with van der Waals surface area (Å²) in [5.41, 5.74) is 3.58. The lowest BCUT2D eigenvalue weighted by Crippen LogP contribution is -2.27. The van der Waals surface area contributed by atoms with Crippen molar-refractivity contribution in [1.82, 2.24) is 10.3 Å². The highest BCUT2D eigenvalue weighted by molar-refractivity contribution is 5.78. The zero-order valence-corrected chi connectivity index (χ0v) is 16.3. The number of amides is 1. The van der Waals surface area contributed by atoms with Crippen LogP contribution in [-0.2, 0) is 17.6 Å². The molecular formula is C22H24FN3O2. The first-order valence-electron chi connectivity index (χ1n) is 9.17. The maximum Gasteiger partial charge on any atom is 0.226 e. The number of hydrogen-bond donors (Lipinski definition) is 1. The lowest BCUT2D eigenvalue weighted by molar-refractivity contribution is -0.120. The van der Waals surface area contributed by atoms with Crippen LogP contribution in [0, 0.1) is 12.7 Å². The molecule has 28 heavy (non-hydrogen) atoms. The summed E-state index contributed by atoms with van der Waals surface area (Å²) < 4.78 is 18.7. The van der Waals surface area contributed by atoms with Crippen molar-refractivity contribution in [3.05, 3.63) is 71.4 Å². The molecule has 146 valence electrons. The van der Waals surface area contributed by atoms with E-state index in [1.54, 1.807) is 19.1 Å². The SMILES string of the molecule is Cc1oc(-c2ccc(F)cc2)nc1CC(=O)NCCc1ccc(N(C)C)cc1. The van der Waals surface area contributed by atoms with E-state index < -0.39 is 0 Å². The number of aromatic nitrogens is 1. The second-order valence-corrected chi connectivity index (χ2v) is 6.87. The zero-order chi connectivity index (χ0) is 20.1. The average molecular weight is 381 g/mol. The molecule has 0 aliphatic heterocycles. The van der Waals surface area contributed by atoms with Gasteiger partial charge in [0, 0.05) is 31.9 Å². The monoisotopic (exact) mass is 381 g/mol. The van der Waals surface area contributed by atoms with Gasteiger partial charge >= 0.3 is 0 Å². The summed E-state index contributed by atoms with van der Waals surface area (Å²) in [4.78, 5) is 18.7. The number of oxazole rings is 1. The molecule has 0 aliphatic carbocycles. The van der Waals surface area contributed by atoms with E-state index in [1.165, 1.54) is 17.7 Å². The Hall–Kier alpha value is -3.15. The fourth-order valence-electron chi connectivity index (χ4n) is 2.83. The summed E-state index contributed by atoms with van der Waals surface area (Å²) in [6, 6.07) is 14.2. The lowest BCUT2D eigenvalue weighted by atomic mass is 10.1. The van der Waals surface area contributed by atoms with E-state index in [0.717, 1.165) is 12.1 Å². The van der Waals surface area contributed by atoms with Crippen molar-refractivity contribution < 1.29 is 13.6 Å². The minimum Gasteiger partial charge on any atom is -0.441 e. The van der Waals surface area contributed by atoms with E-state index >= 15 is 0 Å². The van der Waals surface area contributed by atoms with Crippen molar-refractivity contribution in [2.45, 2.75) is 19.8 Å². The van der Waals surface area contributed by atoms with Crippen molar-refractivity contribution in [3.8, 4) is 11.5 Å². The van der Waals surface area contributed by atoms with E-state index in [1.807, 2.05) is 19.0 Å². The minimum absolute atomic E-state index is 0.105. The Morgan fingerprint density at radius 2 is 1.79 bits per heavy atom. The molecule has 2 aromatic carbocycles. The zero-order valence-electron chi connectivity index (χ0n) is 16.3. The van der Waals surface area contributed by atoms with E-state index in [0.29, 0.717) is 29.5 Å². The Morgan fingerprint density at radius 3 is 2.43 bits per heavy atom. The number of benzene rings is 2. The highest BCUT2D eigenvalue weighted by Crippen LogP contribution is 2.22. The van der Waals surface area contributed by atoms with Gasteiger partial charge in [0.1, 0.15) is 11.6 Å². The number of carbonyl (C=O) groups is 1. The van der Waals surface area contributed by atoms with Gasteiger partial charge in [0.25, 0.3) is 0 Å². The Morgan fingerprint density at radius 1 is 1.11 bits per heavy atom. The van der Waals surface area contributed by atoms with Gasteiger partial charge in [-0.15, -0.1) is 0 Å². The van der Waals surface area contributed by atoms with Crippen molar-refractivity contribution in [3.63, 3.8) is 0 Å². The second-order valence-electron chi connectivity index (χ2n) is 6.87. The first-order valence-corrected chi connectivity index (χ1v) is 9.17. The van der Waals surface area contributed by atoms with Gasteiger partial charge in [0.2, 0.25) is 11.8 Å². The summed E-state index contributed by atoms with van der Waals surface area (Å²) in [7, 11) is 4.01. The predicted octanol–water partition coefficient (Wildman–Crippen LogP) is 3.76. The Kier molecular flexibility index (Phi) is 6.09. The summed E-state index contributed by atoms with van der Waals surface area (Å²) in [6.07, 6.45) is 0.911. The Bertz CT molecular complexity index is 931. The molecule has 0 bridgehead atoms. The van der Waals surface area contributed by atoms with E-state index in [9.17, 15) is 9.18 Å². The van der Waals surface area contributed by atoms with Crippen molar-refractivity contribution >= 4 is 11.6 Å². The topological polar surface area (TPSA) is 58.4 Å². The normalized spacial score (nSPS) is 10.7. The molecule has 3 rings (SSSR count). The van der Waals surface area contributed by atoms with Crippen LogP contribution in [0.25, 0.3) is 11.5 Å². The predicted molar refractivity (Wildman–Crippen MR) is 108 cm³/mol. The van der Waals surface area contributed by atoms with Crippen LogP contribution in [-0.4, -0.2) is 31.5 Å². The lowest BCUT2D eigenvalue weighted by Gasteiger charge is -2.12. The molecule has 5 nitrogen and oxygen atoms in total. The van der Waals surface area contributed by atoms with Crippen molar-refractivity contribution in [1.29, 1.82) is 0 Å². The highest BCUT2D eigenvalue weighted by atomic mass is 19.1. The smallest absolute Gasteiger partial charge is 0.226 e. The third kappa shape index (κ3) is 4.97. The van der Waals surface area contributed by atoms with Crippen LogP contribution in [0.5, 0.6) is 0 Å². The molecule has 0 aliphatic rings. The number of rotatable bonds is 7. The summed E-state index contributed by atoms with van der Waals surface area (Å²) in [6.45, 7) is 2.33. The summed E-state index contributed by atoms with van der Waals surface area (Å²) in [5.74, 6) is 0.560. The molecule has 0 atom stereocenters. The second kappa shape index (κ2) is 8.69. The van der Waals surface area contributed by atoms with Crippen molar-refractivity contribution in [2.75, 3.05) is 25.5 Å². The standard InChI is InChI=1S/C22H24FN3O2/c1-15-20(25-22(28-15)17-6-8-18(23)9-7-17)14-21(27)24-13-12-16-4-10-19(11-5-16)26(2)3/h4-11H,12-14H2,1-3H3,(H,24,27). The van der Waals surface area contributed by atoms with Gasteiger partial charge in [-0.05, 0) is 55.3 Å². The summed E-state index contributed by atoms with van der Waals surface area (Å²) >= 11 is 0. The molecule has 1 amide bonds.